The number of benzene rings is 2. The van der Waals surface area contributed by atoms with Crippen molar-refractivity contribution in [3.63, 3.8) is 0 Å². The lowest BCUT2D eigenvalue weighted by Crippen LogP contribution is -2.00. The Labute approximate surface area is 119 Å². The average molecular weight is 283 g/mol. The number of nitro groups is 1. The lowest BCUT2D eigenvalue weighted by molar-refractivity contribution is -0.384. The lowest BCUT2D eigenvalue weighted by Gasteiger charge is -2.07. The number of fused-ring (bicyclic) bond motifs is 1. The quantitative estimate of drug-likeness (QED) is 0.582. The second kappa shape index (κ2) is 5.16. The van der Waals surface area contributed by atoms with Gasteiger partial charge in [0, 0.05) is 17.1 Å². The van der Waals surface area contributed by atoms with Gasteiger partial charge in [-0.15, -0.1) is 0 Å². The first-order valence-electron chi connectivity index (χ1n) is 6.20. The van der Waals surface area contributed by atoms with Crippen LogP contribution in [0.15, 0.2) is 54.6 Å². The van der Waals surface area contributed by atoms with E-state index in [0.29, 0.717) is 16.6 Å². The molecule has 0 saturated carbocycles. The third-order valence-corrected chi connectivity index (χ3v) is 3.01. The first kappa shape index (κ1) is 13.0. The predicted octanol–water partition coefficient (Wildman–Crippen LogP) is 4.03. The molecule has 1 aromatic heterocycles. The van der Waals surface area contributed by atoms with Gasteiger partial charge in [0.15, 0.2) is 0 Å². The Morgan fingerprint density at radius 1 is 1.10 bits per heavy atom. The van der Waals surface area contributed by atoms with Crippen molar-refractivity contribution in [3.8, 4) is 0 Å². The summed E-state index contributed by atoms with van der Waals surface area (Å²) in [5.74, 6) is -0.244. The molecule has 6 heteroatoms. The summed E-state index contributed by atoms with van der Waals surface area (Å²) in [7, 11) is 0. The molecule has 0 amide bonds. The fraction of sp³-hybridized carbons (Fsp3) is 0. The normalized spacial score (nSPS) is 10.5. The zero-order valence-corrected chi connectivity index (χ0v) is 10.8. The summed E-state index contributed by atoms with van der Waals surface area (Å²) in [5, 5.41) is 14.7. The van der Waals surface area contributed by atoms with Crippen molar-refractivity contribution in [2.24, 2.45) is 0 Å². The highest BCUT2D eigenvalue weighted by molar-refractivity contribution is 5.85. The summed E-state index contributed by atoms with van der Waals surface area (Å²) in [6.07, 6.45) is 0. The minimum atomic E-state index is -0.495. The first-order chi connectivity index (χ1) is 10.1. The van der Waals surface area contributed by atoms with Gasteiger partial charge in [0.2, 0.25) is 5.82 Å². The SMILES string of the molecule is O=[N+]([O-])c1cc2ccccc2nc1Nc1ccc(F)cc1. The molecule has 1 heterocycles. The van der Waals surface area contributed by atoms with E-state index in [-0.39, 0.29) is 17.3 Å². The number of hydrogen-bond acceptors (Lipinski definition) is 4. The van der Waals surface area contributed by atoms with E-state index >= 15 is 0 Å². The van der Waals surface area contributed by atoms with Gasteiger partial charge in [0.25, 0.3) is 0 Å². The van der Waals surface area contributed by atoms with Crippen LogP contribution in [0, 0.1) is 15.9 Å². The zero-order valence-electron chi connectivity index (χ0n) is 10.8. The van der Waals surface area contributed by atoms with Gasteiger partial charge >= 0.3 is 5.69 Å². The Morgan fingerprint density at radius 3 is 2.52 bits per heavy atom. The maximum absolute atomic E-state index is 12.9. The van der Waals surface area contributed by atoms with Crippen molar-refractivity contribution in [1.82, 2.24) is 4.98 Å². The van der Waals surface area contributed by atoms with Crippen molar-refractivity contribution in [2.75, 3.05) is 5.32 Å². The van der Waals surface area contributed by atoms with E-state index in [4.69, 9.17) is 0 Å². The average Bonchev–Trinajstić information content (AvgIpc) is 2.48. The number of nitrogens with zero attached hydrogens (tertiary/aromatic N) is 2. The number of rotatable bonds is 3. The van der Waals surface area contributed by atoms with E-state index in [2.05, 4.69) is 10.3 Å². The van der Waals surface area contributed by atoms with Crippen LogP contribution < -0.4 is 5.32 Å². The molecular weight excluding hydrogens is 273 g/mol. The van der Waals surface area contributed by atoms with E-state index in [0.717, 1.165) is 0 Å². The molecule has 0 fully saturated rings. The smallest absolute Gasteiger partial charge is 0.312 e. The van der Waals surface area contributed by atoms with Crippen LogP contribution in [0.3, 0.4) is 0 Å². The lowest BCUT2D eigenvalue weighted by atomic mass is 10.2. The number of hydrogen-bond donors (Lipinski definition) is 1. The van der Waals surface area contributed by atoms with Crippen molar-refractivity contribution in [3.05, 3.63) is 70.5 Å². The molecule has 104 valence electrons. The second-order valence-electron chi connectivity index (χ2n) is 4.44. The zero-order chi connectivity index (χ0) is 14.8. The fourth-order valence-corrected chi connectivity index (χ4v) is 2.01. The summed E-state index contributed by atoms with van der Waals surface area (Å²) in [6, 6.07) is 14.1. The van der Waals surface area contributed by atoms with Gasteiger partial charge in [-0.2, -0.15) is 0 Å². The number of aromatic nitrogens is 1. The first-order valence-corrected chi connectivity index (χ1v) is 6.20. The summed E-state index contributed by atoms with van der Waals surface area (Å²) in [5.41, 5.74) is 1.05. The molecule has 0 atom stereocenters. The van der Waals surface area contributed by atoms with Crippen LogP contribution in [-0.4, -0.2) is 9.91 Å². The van der Waals surface area contributed by atoms with Crippen molar-refractivity contribution >= 4 is 28.1 Å². The molecule has 0 unspecified atom stereocenters. The molecule has 0 aliphatic rings. The van der Waals surface area contributed by atoms with Crippen LogP contribution in [0.25, 0.3) is 10.9 Å². The van der Waals surface area contributed by atoms with E-state index in [1.807, 2.05) is 6.07 Å². The fourth-order valence-electron chi connectivity index (χ4n) is 2.01. The summed E-state index contributed by atoms with van der Waals surface area (Å²) in [6.45, 7) is 0. The number of nitrogens with one attached hydrogen (secondary N) is 1. The van der Waals surface area contributed by atoms with Crippen LogP contribution in [0.5, 0.6) is 0 Å². The molecule has 0 radical (unpaired) electrons. The summed E-state index contributed by atoms with van der Waals surface area (Å²) < 4.78 is 12.9. The van der Waals surface area contributed by atoms with Crippen LogP contribution in [0.2, 0.25) is 0 Å². The molecule has 3 rings (SSSR count). The molecule has 0 saturated heterocycles. The second-order valence-corrected chi connectivity index (χ2v) is 4.44. The molecule has 0 aliphatic carbocycles. The standard InChI is InChI=1S/C15H10FN3O2/c16-11-5-7-12(8-6-11)17-15-14(19(20)21)9-10-3-1-2-4-13(10)18-15/h1-9H,(H,17,18). The Bertz CT molecular complexity index is 819. The minimum Gasteiger partial charge on any atom is -0.334 e. The van der Waals surface area contributed by atoms with Gasteiger partial charge in [-0.1, -0.05) is 18.2 Å². The van der Waals surface area contributed by atoms with E-state index < -0.39 is 4.92 Å². The molecule has 21 heavy (non-hydrogen) atoms. The summed E-state index contributed by atoms with van der Waals surface area (Å²) >= 11 is 0. The number of para-hydroxylation sites is 1. The van der Waals surface area contributed by atoms with Crippen LogP contribution in [-0.2, 0) is 0 Å². The van der Waals surface area contributed by atoms with Gasteiger partial charge in [-0.25, -0.2) is 9.37 Å². The topological polar surface area (TPSA) is 68.1 Å². The summed E-state index contributed by atoms with van der Waals surface area (Å²) in [4.78, 5) is 14.9. The highest BCUT2D eigenvalue weighted by Crippen LogP contribution is 2.29. The largest absolute Gasteiger partial charge is 0.334 e. The molecule has 0 spiro atoms. The Hall–Kier alpha value is -3.02. The number of pyridine rings is 1. The van der Waals surface area contributed by atoms with Crippen LogP contribution in [0.4, 0.5) is 21.6 Å². The highest BCUT2D eigenvalue weighted by Gasteiger charge is 2.17. The van der Waals surface area contributed by atoms with E-state index in [1.165, 1.54) is 30.3 Å². The van der Waals surface area contributed by atoms with Gasteiger partial charge < -0.3 is 5.32 Å². The molecule has 1 N–H and O–H groups in total. The van der Waals surface area contributed by atoms with Crippen LogP contribution in [0.1, 0.15) is 0 Å². The Kier molecular flexibility index (Phi) is 3.19. The molecule has 2 aromatic carbocycles. The van der Waals surface area contributed by atoms with Crippen molar-refractivity contribution < 1.29 is 9.31 Å². The molecule has 0 bridgehead atoms. The number of anilines is 2. The Morgan fingerprint density at radius 2 is 1.81 bits per heavy atom. The maximum Gasteiger partial charge on any atom is 0.312 e. The Balaban J connectivity index is 2.09. The molecular formula is C15H10FN3O2. The van der Waals surface area contributed by atoms with Gasteiger partial charge in [0.1, 0.15) is 5.82 Å². The van der Waals surface area contributed by atoms with E-state index in [9.17, 15) is 14.5 Å². The predicted molar refractivity (Wildman–Crippen MR) is 78.1 cm³/mol. The van der Waals surface area contributed by atoms with Crippen LogP contribution >= 0.6 is 0 Å². The highest BCUT2D eigenvalue weighted by atomic mass is 19.1. The van der Waals surface area contributed by atoms with Gasteiger partial charge in [0.05, 0.1) is 10.4 Å². The van der Waals surface area contributed by atoms with Gasteiger partial charge in [-0.05, 0) is 30.3 Å². The van der Waals surface area contributed by atoms with Crippen molar-refractivity contribution in [2.45, 2.75) is 0 Å². The number of halogens is 1. The monoisotopic (exact) mass is 283 g/mol. The third kappa shape index (κ3) is 2.64. The van der Waals surface area contributed by atoms with E-state index in [1.54, 1.807) is 18.2 Å². The maximum atomic E-state index is 12.9. The minimum absolute atomic E-state index is 0.127. The third-order valence-electron chi connectivity index (χ3n) is 3.01. The molecule has 3 aromatic rings. The van der Waals surface area contributed by atoms with Crippen molar-refractivity contribution in [1.29, 1.82) is 0 Å². The van der Waals surface area contributed by atoms with Gasteiger partial charge in [-0.3, -0.25) is 10.1 Å². The molecule has 5 nitrogen and oxygen atoms in total. The molecule has 0 aliphatic heterocycles.